The van der Waals surface area contributed by atoms with Crippen LogP contribution in [0.15, 0.2) is 42.5 Å². The molecule has 35 heavy (non-hydrogen) atoms. The molecular formula is C28H37FN2O4. The maximum Gasteiger partial charge on any atom is 0.253 e. The van der Waals surface area contributed by atoms with Gasteiger partial charge in [0.15, 0.2) is 11.5 Å². The Morgan fingerprint density at radius 1 is 0.971 bits per heavy atom. The number of carbonyl (C=O) groups excluding carboxylic acids is 2. The number of ether oxygens (including phenoxy) is 2. The average Bonchev–Trinajstić information content (AvgIpc) is 2.88. The average molecular weight is 485 g/mol. The Hall–Kier alpha value is -3.09. The number of hydrogen-bond donors (Lipinski definition) is 0. The molecule has 190 valence electrons. The highest BCUT2D eigenvalue weighted by atomic mass is 19.1. The zero-order valence-electron chi connectivity index (χ0n) is 21.1. The normalized spacial score (nSPS) is 14.0. The standard InChI is InChI=1S/C28H37FN2O4/c1-4-15-31(20-21-7-12-25(35-18-5-2)26(19-21)34-6-3)28(33)23-13-16-30(17-14-23)27(32)22-8-10-24(29)11-9-22/h7-12,19,23H,4-6,13-18,20H2,1-3H3. The molecule has 1 heterocycles. The van der Waals surface area contributed by atoms with E-state index in [2.05, 4.69) is 13.8 Å². The van der Waals surface area contributed by atoms with Gasteiger partial charge in [-0.05, 0) is 74.6 Å². The van der Waals surface area contributed by atoms with Crippen LogP contribution in [-0.2, 0) is 11.3 Å². The number of amides is 2. The molecule has 2 aromatic carbocycles. The smallest absolute Gasteiger partial charge is 0.253 e. The summed E-state index contributed by atoms with van der Waals surface area (Å²) >= 11 is 0. The zero-order chi connectivity index (χ0) is 25.2. The van der Waals surface area contributed by atoms with Crippen LogP contribution in [0.3, 0.4) is 0 Å². The van der Waals surface area contributed by atoms with Crippen molar-refractivity contribution in [2.75, 3.05) is 32.8 Å². The van der Waals surface area contributed by atoms with Gasteiger partial charge in [-0.15, -0.1) is 0 Å². The van der Waals surface area contributed by atoms with Gasteiger partial charge in [-0.1, -0.05) is 19.9 Å². The van der Waals surface area contributed by atoms with E-state index in [1.54, 1.807) is 4.90 Å². The number of piperidine rings is 1. The summed E-state index contributed by atoms with van der Waals surface area (Å²) in [5, 5.41) is 0. The molecule has 1 saturated heterocycles. The van der Waals surface area contributed by atoms with Crippen molar-refractivity contribution >= 4 is 11.8 Å². The number of hydrogen-bond acceptors (Lipinski definition) is 4. The van der Waals surface area contributed by atoms with Crippen molar-refractivity contribution in [2.24, 2.45) is 5.92 Å². The van der Waals surface area contributed by atoms with Crippen molar-refractivity contribution in [2.45, 2.75) is 53.0 Å². The Kier molecular flexibility index (Phi) is 9.94. The van der Waals surface area contributed by atoms with Crippen LogP contribution in [0.4, 0.5) is 4.39 Å². The molecule has 1 fully saturated rings. The maximum atomic E-state index is 13.4. The summed E-state index contributed by atoms with van der Waals surface area (Å²) in [6.07, 6.45) is 3.03. The minimum atomic E-state index is -0.363. The van der Waals surface area contributed by atoms with Crippen LogP contribution in [-0.4, -0.2) is 54.5 Å². The fourth-order valence-corrected chi connectivity index (χ4v) is 4.37. The molecule has 0 N–H and O–H groups in total. The minimum Gasteiger partial charge on any atom is -0.490 e. The van der Waals surface area contributed by atoms with E-state index in [-0.39, 0.29) is 23.5 Å². The maximum absolute atomic E-state index is 13.4. The second-order valence-electron chi connectivity index (χ2n) is 8.90. The highest BCUT2D eigenvalue weighted by molar-refractivity contribution is 5.94. The molecule has 0 unspecified atom stereocenters. The number of likely N-dealkylation sites (tertiary alicyclic amines) is 1. The number of rotatable bonds is 11. The molecule has 0 saturated carbocycles. The predicted molar refractivity (Wildman–Crippen MR) is 134 cm³/mol. The number of benzene rings is 2. The van der Waals surface area contributed by atoms with Gasteiger partial charge in [-0.2, -0.15) is 0 Å². The lowest BCUT2D eigenvalue weighted by Crippen LogP contribution is -2.44. The van der Waals surface area contributed by atoms with Gasteiger partial charge in [0.2, 0.25) is 5.91 Å². The van der Waals surface area contributed by atoms with Gasteiger partial charge in [0, 0.05) is 37.7 Å². The molecule has 0 aliphatic carbocycles. The fourth-order valence-electron chi connectivity index (χ4n) is 4.37. The molecule has 0 radical (unpaired) electrons. The lowest BCUT2D eigenvalue weighted by atomic mass is 9.94. The van der Waals surface area contributed by atoms with E-state index in [0.29, 0.717) is 63.5 Å². The van der Waals surface area contributed by atoms with Crippen LogP contribution in [0.2, 0.25) is 0 Å². The van der Waals surface area contributed by atoms with Crippen molar-refractivity contribution < 1.29 is 23.5 Å². The van der Waals surface area contributed by atoms with Gasteiger partial charge in [0.05, 0.1) is 13.2 Å². The highest BCUT2D eigenvalue weighted by Crippen LogP contribution is 2.30. The first-order valence-electron chi connectivity index (χ1n) is 12.7. The van der Waals surface area contributed by atoms with Crippen LogP contribution in [0.25, 0.3) is 0 Å². The topological polar surface area (TPSA) is 59.1 Å². The van der Waals surface area contributed by atoms with Crippen LogP contribution in [0.5, 0.6) is 11.5 Å². The summed E-state index contributed by atoms with van der Waals surface area (Å²) in [5.74, 6) is 0.967. The van der Waals surface area contributed by atoms with E-state index < -0.39 is 0 Å². The van der Waals surface area contributed by atoms with E-state index in [1.165, 1.54) is 24.3 Å². The third kappa shape index (κ3) is 7.20. The summed E-state index contributed by atoms with van der Waals surface area (Å²) in [7, 11) is 0. The Morgan fingerprint density at radius 3 is 2.31 bits per heavy atom. The second kappa shape index (κ2) is 13.1. The summed E-state index contributed by atoms with van der Waals surface area (Å²) in [5.41, 5.74) is 1.48. The Labute approximate surface area is 208 Å². The van der Waals surface area contributed by atoms with Crippen LogP contribution in [0.1, 0.15) is 62.4 Å². The van der Waals surface area contributed by atoms with Gasteiger partial charge < -0.3 is 19.3 Å². The monoisotopic (exact) mass is 484 g/mol. The summed E-state index contributed by atoms with van der Waals surface area (Å²) in [6.45, 7) is 9.46. The van der Waals surface area contributed by atoms with Gasteiger partial charge in [0.1, 0.15) is 5.82 Å². The molecule has 0 atom stereocenters. The van der Waals surface area contributed by atoms with Crippen molar-refractivity contribution in [1.82, 2.24) is 9.80 Å². The Balaban J connectivity index is 1.63. The molecule has 0 spiro atoms. The lowest BCUT2D eigenvalue weighted by Gasteiger charge is -2.34. The summed E-state index contributed by atoms with van der Waals surface area (Å²) < 4.78 is 24.8. The molecule has 2 aromatic rings. The molecule has 0 bridgehead atoms. The number of carbonyl (C=O) groups is 2. The van der Waals surface area contributed by atoms with Crippen molar-refractivity contribution in [3.05, 3.63) is 59.4 Å². The second-order valence-corrected chi connectivity index (χ2v) is 8.90. The van der Waals surface area contributed by atoms with E-state index in [0.717, 1.165) is 24.2 Å². The first kappa shape index (κ1) is 26.5. The van der Waals surface area contributed by atoms with Gasteiger partial charge in [-0.25, -0.2) is 4.39 Å². The molecule has 2 amide bonds. The highest BCUT2D eigenvalue weighted by Gasteiger charge is 2.30. The van der Waals surface area contributed by atoms with E-state index in [4.69, 9.17) is 9.47 Å². The first-order valence-corrected chi connectivity index (χ1v) is 12.7. The zero-order valence-corrected chi connectivity index (χ0v) is 21.1. The lowest BCUT2D eigenvalue weighted by molar-refractivity contribution is -0.137. The van der Waals surface area contributed by atoms with E-state index >= 15 is 0 Å². The molecular weight excluding hydrogens is 447 g/mol. The Morgan fingerprint density at radius 2 is 1.69 bits per heavy atom. The third-order valence-corrected chi connectivity index (χ3v) is 6.17. The van der Waals surface area contributed by atoms with Crippen LogP contribution >= 0.6 is 0 Å². The van der Waals surface area contributed by atoms with E-state index in [1.807, 2.05) is 30.0 Å². The first-order chi connectivity index (χ1) is 17.0. The largest absolute Gasteiger partial charge is 0.490 e. The number of halogens is 1. The fraction of sp³-hybridized carbons (Fsp3) is 0.500. The van der Waals surface area contributed by atoms with Crippen molar-refractivity contribution in [3.63, 3.8) is 0 Å². The predicted octanol–water partition coefficient (Wildman–Crippen LogP) is 5.30. The SMILES string of the molecule is CCCOc1ccc(CN(CCC)C(=O)C2CCN(C(=O)c3ccc(F)cc3)CC2)cc1OCC. The minimum absolute atomic E-state index is 0.114. The van der Waals surface area contributed by atoms with Crippen molar-refractivity contribution in [1.29, 1.82) is 0 Å². The molecule has 3 rings (SSSR count). The van der Waals surface area contributed by atoms with Gasteiger partial charge in [-0.3, -0.25) is 9.59 Å². The molecule has 6 nitrogen and oxygen atoms in total. The van der Waals surface area contributed by atoms with Crippen molar-refractivity contribution in [3.8, 4) is 11.5 Å². The van der Waals surface area contributed by atoms with Gasteiger partial charge in [0.25, 0.3) is 5.91 Å². The third-order valence-electron chi connectivity index (χ3n) is 6.17. The van der Waals surface area contributed by atoms with Crippen LogP contribution in [0, 0.1) is 11.7 Å². The molecule has 1 aliphatic rings. The summed E-state index contributed by atoms with van der Waals surface area (Å²) in [4.78, 5) is 29.8. The van der Waals surface area contributed by atoms with E-state index in [9.17, 15) is 14.0 Å². The molecule has 7 heteroatoms. The number of nitrogens with zero attached hydrogens (tertiary/aromatic N) is 2. The van der Waals surface area contributed by atoms with Crippen LogP contribution < -0.4 is 9.47 Å². The quantitative estimate of drug-likeness (QED) is 0.434. The molecule has 0 aromatic heterocycles. The Bertz CT molecular complexity index is 971. The van der Waals surface area contributed by atoms with Gasteiger partial charge >= 0.3 is 0 Å². The summed E-state index contributed by atoms with van der Waals surface area (Å²) in [6, 6.07) is 11.5. The molecule has 1 aliphatic heterocycles.